The average Bonchev–Trinajstić information content (AvgIpc) is 3.44. The standard InChI is InChI=1S/C30H29Cl2N3O5/c1-38-23-8-3-20(4-9-23)13-15-33-29(36)28-18-25(40-34-28)19-35(16-14-21-5-10-24(39-2)11-6-21)30(37)26-12-7-22(31)17-27(26)32/h3-12,17-18H,13-16,19H2,1-2H3,(H,33,36). The van der Waals surface area contributed by atoms with E-state index in [-0.39, 0.29) is 29.1 Å². The number of nitrogens with zero attached hydrogens (tertiary/aromatic N) is 2. The smallest absolute Gasteiger partial charge is 0.273 e. The number of amides is 2. The number of methoxy groups -OCH3 is 2. The fourth-order valence-electron chi connectivity index (χ4n) is 4.03. The molecule has 0 saturated heterocycles. The summed E-state index contributed by atoms with van der Waals surface area (Å²) in [6.45, 7) is 0.892. The van der Waals surface area contributed by atoms with Crippen LogP contribution in [0.5, 0.6) is 11.5 Å². The van der Waals surface area contributed by atoms with Gasteiger partial charge in [0.25, 0.3) is 11.8 Å². The molecule has 4 rings (SSSR count). The van der Waals surface area contributed by atoms with Crippen LogP contribution >= 0.6 is 23.2 Å². The molecule has 0 aliphatic heterocycles. The van der Waals surface area contributed by atoms with Gasteiger partial charge in [0.15, 0.2) is 11.5 Å². The lowest BCUT2D eigenvalue weighted by Crippen LogP contribution is -2.32. The molecule has 0 spiro atoms. The van der Waals surface area contributed by atoms with E-state index in [9.17, 15) is 9.59 Å². The maximum absolute atomic E-state index is 13.5. The average molecular weight is 582 g/mol. The molecule has 8 nitrogen and oxygen atoms in total. The van der Waals surface area contributed by atoms with E-state index in [0.29, 0.717) is 42.3 Å². The Morgan fingerprint density at radius 1 is 0.875 bits per heavy atom. The maximum Gasteiger partial charge on any atom is 0.273 e. The van der Waals surface area contributed by atoms with Crippen molar-refractivity contribution in [3.8, 4) is 11.5 Å². The zero-order valence-corrected chi connectivity index (χ0v) is 23.7. The zero-order chi connectivity index (χ0) is 28.5. The van der Waals surface area contributed by atoms with Crippen molar-refractivity contribution < 1.29 is 23.6 Å². The van der Waals surface area contributed by atoms with Crippen LogP contribution in [0.25, 0.3) is 0 Å². The van der Waals surface area contributed by atoms with Crippen LogP contribution < -0.4 is 14.8 Å². The van der Waals surface area contributed by atoms with Gasteiger partial charge >= 0.3 is 0 Å². The summed E-state index contributed by atoms with van der Waals surface area (Å²) in [5, 5.41) is 7.45. The van der Waals surface area contributed by atoms with E-state index in [1.165, 1.54) is 6.07 Å². The molecular formula is C30H29Cl2N3O5. The number of rotatable bonds is 12. The molecule has 2 amide bonds. The van der Waals surface area contributed by atoms with Crippen molar-refractivity contribution in [2.45, 2.75) is 19.4 Å². The van der Waals surface area contributed by atoms with Gasteiger partial charge in [0, 0.05) is 24.2 Å². The van der Waals surface area contributed by atoms with Crippen molar-refractivity contribution in [1.82, 2.24) is 15.4 Å². The number of nitrogens with one attached hydrogen (secondary N) is 1. The van der Waals surface area contributed by atoms with Gasteiger partial charge in [-0.15, -0.1) is 0 Å². The van der Waals surface area contributed by atoms with Crippen molar-refractivity contribution in [1.29, 1.82) is 0 Å². The number of hydrogen-bond acceptors (Lipinski definition) is 6. The highest BCUT2D eigenvalue weighted by Crippen LogP contribution is 2.24. The van der Waals surface area contributed by atoms with Gasteiger partial charge in [-0.05, 0) is 66.4 Å². The summed E-state index contributed by atoms with van der Waals surface area (Å²) in [6, 6.07) is 21.6. The topological polar surface area (TPSA) is 93.9 Å². The van der Waals surface area contributed by atoms with Crippen molar-refractivity contribution in [2.24, 2.45) is 0 Å². The third-order valence-electron chi connectivity index (χ3n) is 6.27. The molecule has 1 heterocycles. The van der Waals surface area contributed by atoms with E-state index >= 15 is 0 Å². The van der Waals surface area contributed by atoms with E-state index in [4.69, 9.17) is 37.2 Å². The fraction of sp³-hybridized carbons (Fsp3) is 0.233. The minimum Gasteiger partial charge on any atom is -0.497 e. The summed E-state index contributed by atoms with van der Waals surface area (Å²) in [4.78, 5) is 27.7. The largest absolute Gasteiger partial charge is 0.497 e. The third kappa shape index (κ3) is 7.77. The zero-order valence-electron chi connectivity index (χ0n) is 22.2. The molecule has 0 unspecified atom stereocenters. The molecule has 40 heavy (non-hydrogen) atoms. The SMILES string of the molecule is COc1ccc(CCNC(=O)c2cc(CN(CCc3ccc(OC)cc3)C(=O)c3ccc(Cl)cc3Cl)on2)cc1. The summed E-state index contributed by atoms with van der Waals surface area (Å²) in [7, 11) is 3.22. The van der Waals surface area contributed by atoms with Gasteiger partial charge in [-0.3, -0.25) is 9.59 Å². The molecule has 3 aromatic carbocycles. The van der Waals surface area contributed by atoms with Crippen molar-refractivity contribution in [3.05, 3.63) is 111 Å². The number of halogens is 2. The second-order valence-corrected chi connectivity index (χ2v) is 9.83. The van der Waals surface area contributed by atoms with Crippen LogP contribution in [-0.4, -0.2) is 49.2 Å². The maximum atomic E-state index is 13.5. The van der Waals surface area contributed by atoms with Gasteiger partial charge in [0.1, 0.15) is 11.5 Å². The number of aromatic nitrogens is 1. The van der Waals surface area contributed by atoms with Gasteiger partial charge in [-0.2, -0.15) is 0 Å². The normalized spacial score (nSPS) is 10.7. The molecule has 0 atom stereocenters. The van der Waals surface area contributed by atoms with Gasteiger partial charge in [0.2, 0.25) is 0 Å². The summed E-state index contributed by atoms with van der Waals surface area (Å²) in [5.74, 6) is 1.24. The number of carbonyl (C=O) groups excluding carboxylic acids is 2. The lowest BCUT2D eigenvalue weighted by Gasteiger charge is -2.22. The number of carbonyl (C=O) groups is 2. The first-order chi connectivity index (χ1) is 19.4. The Labute approximate surface area is 242 Å². The van der Waals surface area contributed by atoms with Crippen molar-refractivity contribution in [2.75, 3.05) is 27.3 Å². The number of ether oxygens (including phenoxy) is 2. The Morgan fingerprint density at radius 3 is 2.10 bits per heavy atom. The first-order valence-electron chi connectivity index (χ1n) is 12.6. The molecule has 0 radical (unpaired) electrons. The van der Waals surface area contributed by atoms with E-state index in [2.05, 4.69) is 10.5 Å². The van der Waals surface area contributed by atoms with Crippen LogP contribution in [0.4, 0.5) is 0 Å². The van der Waals surface area contributed by atoms with Gasteiger partial charge in [-0.25, -0.2) is 0 Å². The van der Waals surface area contributed by atoms with E-state index in [0.717, 1.165) is 22.6 Å². The second-order valence-electron chi connectivity index (χ2n) is 8.98. The highest BCUT2D eigenvalue weighted by molar-refractivity contribution is 6.36. The van der Waals surface area contributed by atoms with Crippen molar-refractivity contribution >= 4 is 35.0 Å². The highest BCUT2D eigenvalue weighted by Gasteiger charge is 2.22. The van der Waals surface area contributed by atoms with Crippen LogP contribution in [0.2, 0.25) is 10.0 Å². The Morgan fingerprint density at radius 2 is 1.50 bits per heavy atom. The minimum atomic E-state index is -0.361. The third-order valence-corrected chi connectivity index (χ3v) is 6.82. The highest BCUT2D eigenvalue weighted by atomic mass is 35.5. The Kier molecular flexibility index (Phi) is 10.0. The lowest BCUT2D eigenvalue weighted by atomic mass is 10.1. The molecule has 0 fully saturated rings. The second kappa shape index (κ2) is 13.9. The number of benzene rings is 3. The molecular weight excluding hydrogens is 553 g/mol. The van der Waals surface area contributed by atoms with Gasteiger partial charge in [0.05, 0.1) is 31.4 Å². The van der Waals surface area contributed by atoms with Crippen LogP contribution in [0.3, 0.4) is 0 Å². The van der Waals surface area contributed by atoms with Crippen LogP contribution in [0.15, 0.2) is 77.3 Å². The predicted molar refractivity (Wildman–Crippen MR) is 153 cm³/mol. The summed E-state index contributed by atoms with van der Waals surface area (Å²) >= 11 is 12.4. The summed E-state index contributed by atoms with van der Waals surface area (Å²) in [6.07, 6.45) is 1.23. The fourth-order valence-corrected chi connectivity index (χ4v) is 4.52. The van der Waals surface area contributed by atoms with E-state index in [1.807, 2.05) is 48.5 Å². The molecule has 4 aromatic rings. The Balaban J connectivity index is 1.42. The Bertz CT molecular complexity index is 1440. The molecule has 1 N–H and O–H groups in total. The lowest BCUT2D eigenvalue weighted by molar-refractivity contribution is 0.0729. The monoisotopic (exact) mass is 581 g/mol. The Hall–Kier alpha value is -4.01. The summed E-state index contributed by atoms with van der Waals surface area (Å²) < 4.78 is 15.8. The number of hydrogen-bond donors (Lipinski definition) is 1. The first kappa shape index (κ1) is 29.0. The van der Waals surface area contributed by atoms with Crippen molar-refractivity contribution in [3.63, 3.8) is 0 Å². The van der Waals surface area contributed by atoms with Crippen LogP contribution in [0.1, 0.15) is 37.7 Å². The van der Waals surface area contributed by atoms with E-state index in [1.54, 1.807) is 37.3 Å². The molecule has 208 valence electrons. The van der Waals surface area contributed by atoms with Crippen LogP contribution in [-0.2, 0) is 19.4 Å². The molecule has 0 aliphatic carbocycles. The van der Waals surface area contributed by atoms with Gasteiger partial charge < -0.3 is 24.2 Å². The quantitative estimate of drug-likeness (QED) is 0.225. The van der Waals surface area contributed by atoms with Gasteiger partial charge in [-0.1, -0.05) is 52.6 Å². The predicted octanol–water partition coefficient (Wildman–Crippen LogP) is 5.86. The first-order valence-corrected chi connectivity index (χ1v) is 13.4. The molecule has 0 bridgehead atoms. The minimum absolute atomic E-state index is 0.0973. The van der Waals surface area contributed by atoms with E-state index < -0.39 is 0 Å². The molecule has 0 aliphatic rings. The molecule has 1 aromatic heterocycles. The molecule has 0 saturated carbocycles. The summed E-state index contributed by atoms with van der Waals surface area (Å²) in [5.41, 5.74) is 2.54. The molecule has 10 heteroatoms. The van der Waals surface area contributed by atoms with Crippen LogP contribution in [0, 0.1) is 0 Å².